The van der Waals surface area contributed by atoms with Crippen LogP contribution in [0.3, 0.4) is 0 Å². The highest BCUT2D eigenvalue weighted by molar-refractivity contribution is 7.91. The van der Waals surface area contributed by atoms with Gasteiger partial charge in [0.15, 0.2) is 9.84 Å². The van der Waals surface area contributed by atoms with Crippen LogP contribution in [0.15, 0.2) is 19.0 Å². The molecule has 0 aromatic carbocycles. The lowest BCUT2D eigenvalue weighted by atomic mass is 10.0. The molecule has 1 N–H and O–H groups in total. The number of rotatable bonds is 4. The maximum absolute atomic E-state index is 11.4. The third-order valence-corrected chi connectivity index (χ3v) is 4.97. The minimum Gasteiger partial charge on any atom is -0.306 e. The maximum Gasteiger partial charge on any atom is 0.152 e. The Morgan fingerprint density at radius 3 is 3.00 bits per heavy atom. The van der Waals surface area contributed by atoms with E-state index in [-0.39, 0.29) is 17.0 Å². The van der Waals surface area contributed by atoms with E-state index in [9.17, 15) is 8.42 Å². The first-order valence-corrected chi connectivity index (χ1v) is 7.36. The fraction of sp³-hybridized carbons (Fsp3) is 0.545. The zero-order valence-electron chi connectivity index (χ0n) is 9.89. The Kier molecular flexibility index (Phi) is 3.09. The van der Waals surface area contributed by atoms with Crippen molar-refractivity contribution < 1.29 is 8.42 Å². The topological polar surface area (TPSA) is 64.0 Å². The maximum atomic E-state index is 11.4. The van der Waals surface area contributed by atoms with Crippen LogP contribution in [0.1, 0.15) is 18.9 Å². The summed E-state index contributed by atoms with van der Waals surface area (Å²) in [5.74, 6) is 0.498. The molecule has 1 aromatic heterocycles. The van der Waals surface area contributed by atoms with Crippen LogP contribution in [0.4, 0.5) is 0 Å². The Labute approximate surface area is 101 Å². The van der Waals surface area contributed by atoms with Gasteiger partial charge < -0.3 is 5.32 Å². The molecule has 0 radical (unpaired) electrons. The molecule has 1 unspecified atom stereocenters. The molecule has 2 heterocycles. The van der Waals surface area contributed by atoms with E-state index in [0.717, 1.165) is 5.56 Å². The molecule has 94 valence electrons. The first kappa shape index (κ1) is 12.3. The molecular formula is C11H17N3O2S. The van der Waals surface area contributed by atoms with Crippen molar-refractivity contribution in [3.8, 4) is 0 Å². The van der Waals surface area contributed by atoms with Crippen LogP contribution in [0.25, 0.3) is 6.20 Å². The van der Waals surface area contributed by atoms with E-state index in [4.69, 9.17) is 0 Å². The molecule has 1 fully saturated rings. The van der Waals surface area contributed by atoms with Gasteiger partial charge in [0, 0.05) is 30.0 Å². The zero-order valence-corrected chi connectivity index (χ0v) is 10.7. The molecule has 1 atom stereocenters. The summed E-state index contributed by atoms with van der Waals surface area (Å²) in [6.07, 6.45) is 5.91. The number of aromatic nitrogens is 2. The standard InChI is InChI=1S/C11H17N3O2S/c1-3-14-8-10(7-13-14)6-12-11(2)4-5-17(15,16)9-11/h3,7-8,12H,1,4-6,9H2,2H3. The van der Waals surface area contributed by atoms with Crippen LogP contribution in [-0.2, 0) is 16.4 Å². The minimum atomic E-state index is -2.86. The highest BCUT2D eigenvalue weighted by atomic mass is 32.2. The van der Waals surface area contributed by atoms with Crippen molar-refractivity contribution in [2.45, 2.75) is 25.4 Å². The molecule has 17 heavy (non-hydrogen) atoms. The van der Waals surface area contributed by atoms with Gasteiger partial charge in [0.2, 0.25) is 0 Å². The first-order valence-electron chi connectivity index (χ1n) is 5.54. The highest BCUT2D eigenvalue weighted by Gasteiger charge is 2.37. The normalized spacial score (nSPS) is 27.1. The summed E-state index contributed by atoms with van der Waals surface area (Å²) in [4.78, 5) is 0. The second-order valence-electron chi connectivity index (χ2n) is 4.77. The lowest BCUT2D eigenvalue weighted by Gasteiger charge is -2.23. The fourth-order valence-corrected chi connectivity index (χ4v) is 4.16. The Morgan fingerprint density at radius 1 is 1.71 bits per heavy atom. The van der Waals surface area contributed by atoms with Crippen LogP contribution < -0.4 is 5.32 Å². The van der Waals surface area contributed by atoms with Crippen molar-refractivity contribution in [1.82, 2.24) is 15.1 Å². The monoisotopic (exact) mass is 255 g/mol. The van der Waals surface area contributed by atoms with E-state index >= 15 is 0 Å². The molecule has 0 amide bonds. The van der Waals surface area contributed by atoms with Gasteiger partial charge in [-0.25, -0.2) is 13.1 Å². The van der Waals surface area contributed by atoms with Crippen molar-refractivity contribution in [2.24, 2.45) is 0 Å². The number of nitrogens with zero attached hydrogens (tertiary/aromatic N) is 2. The molecule has 5 nitrogen and oxygen atoms in total. The Morgan fingerprint density at radius 2 is 2.47 bits per heavy atom. The molecule has 0 spiro atoms. The number of hydrogen-bond acceptors (Lipinski definition) is 4. The predicted molar refractivity (Wildman–Crippen MR) is 67.1 cm³/mol. The van der Waals surface area contributed by atoms with Crippen LogP contribution >= 0.6 is 0 Å². The number of nitrogens with one attached hydrogen (secondary N) is 1. The summed E-state index contributed by atoms with van der Waals surface area (Å²) in [6.45, 7) is 6.19. The van der Waals surface area contributed by atoms with Crippen molar-refractivity contribution in [1.29, 1.82) is 0 Å². The molecule has 0 saturated carbocycles. The van der Waals surface area contributed by atoms with Gasteiger partial charge in [-0.15, -0.1) is 0 Å². The molecule has 1 aromatic rings. The largest absolute Gasteiger partial charge is 0.306 e. The zero-order chi connectivity index (χ0) is 12.5. The fourth-order valence-electron chi connectivity index (χ4n) is 2.03. The summed E-state index contributed by atoms with van der Waals surface area (Å²) >= 11 is 0. The van der Waals surface area contributed by atoms with Crippen LogP contribution in [0.5, 0.6) is 0 Å². The molecule has 6 heteroatoms. The first-order chi connectivity index (χ1) is 7.92. The Balaban J connectivity index is 1.96. The van der Waals surface area contributed by atoms with Gasteiger partial charge in [0.25, 0.3) is 0 Å². The summed E-state index contributed by atoms with van der Waals surface area (Å²) in [5.41, 5.74) is 0.713. The van der Waals surface area contributed by atoms with E-state index in [1.807, 2.05) is 13.1 Å². The van der Waals surface area contributed by atoms with Gasteiger partial charge >= 0.3 is 0 Å². The molecule has 0 aliphatic carbocycles. The molecule has 0 bridgehead atoms. The Bertz CT molecular complexity index is 521. The SMILES string of the molecule is C=Cn1cc(CNC2(C)CCS(=O)(=O)C2)cn1. The van der Waals surface area contributed by atoms with Crippen LogP contribution in [-0.4, -0.2) is 35.2 Å². The van der Waals surface area contributed by atoms with Crippen LogP contribution in [0, 0.1) is 0 Å². The summed E-state index contributed by atoms with van der Waals surface area (Å²) in [6, 6.07) is 0. The van der Waals surface area contributed by atoms with E-state index in [1.54, 1.807) is 17.1 Å². The predicted octanol–water partition coefficient (Wildman–Crippen LogP) is 0.650. The number of hydrogen-bond donors (Lipinski definition) is 1. The Hall–Kier alpha value is -1.14. The summed E-state index contributed by atoms with van der Waals surface area (Å²) in [5, 5.41) is 7.37. The molecular weight excluding hydrogens is 238 g/mol. The molecule has 2 rings (SSSR count). The van der Waals surface area contributed by atoms with E-state index in [1.165, 1.54) is 0 Å². The second-order valence-corrected chi connectivity index (χ2v) is 6.95. The van der Waals surface area contributed by atoms with Gasteiger partial charge in [0.1, 0.15) is 0 Å². The third-order valence-electron chi connectivity index (χ3n) is 3.06. The quantitative estimate of drug-likeness (QED) is 0.858. The summed E-state index contributed by atoms with van der Waals surface area (Å²) in [7, 11) is -2.86. The van der Waals surface area contributed by atoms with Gasteiger partial charge in [-0.3, -0.25) is 0 Å². The lowest BCUT2D eigenvalue weighted by Crippen LogP contribution is -2.42. The van der Waals surface area contributed by atoms with Crippen LogP contribution in [0.2, 0.25) is 0 Å². The molecule has 1 aliphatic heterocycles. The highest BCUT2D eigenvalue weighted by Crippen LogP contribution is 2.23. The van der Waals surface area contributed by atoms with E-state index in [0.29, 0.717) is 13.0 Å². The van der Waals surface area contributed by atoms with Gasteiger partial charge in [-0.1, -0.05) is 6.58 Å². The molecule has 1 saturated heterocycles. The van der Waals surface area contributed by atoms with E-state index in [2.05, 4.69) is 17.0 Å². The molecule has 1 aliphatic rings. The van der Waals surface area contributed by atoms with Crippen molar-refractivity contribution >= 4 is 16.0 Å². The van der Waals surface area contributed by atoms with Gasteiger partial charge in [0.05, 0.1) is 17.7 Å². The second kappa shape index (κ2) is 4.27. The number of sulfone groups is 1. The van der Waals surface area contributed by atoms with Crippen molar-refractivity contribution in [3.05, 3.63) is 24.5 Å². The third kappa shape index (κ3) is 2.95. The average Bonchev–Trinajstić information content (AvgIpc) is 2.81. The minimum absolute atomic E-state index is 0.218. The smallest absolute Gasteiger partial charge is 0.152 e. The summed E-state index contributed by atoms with van der Waals surface area (Å²) < 4.78 is 24.5. The van der Waals surface area contributed by atoms with Crippen molar-refractivity contribution in [2.75, 3.05) is 11.5 Å². The van der Waals surface area contributed by atoms with Gasteiger partial charge in [-0.2, -0.15) is 5.10 Å². The van der Waals surface area contributed by atoms with Crippen molar-refractivity contribution in [3.63, 3.8) is 0 Å². The van der Waals surface area contributed by atoms with Gasteiger partial charge in [-0.05, 0) is 13.3 Å². The van der Waals surface area contributed by atoms with E-state index < -0.39 is 9.84 Å². The average molecular weight is 255 g/mol. The lowest BCUT2D eigenvalue weighted by molar-refractivity contribution is 0.395.